The van der Waals surface area contributed by atoms with Crippen molar-refractivity contribution in [2.75, 3.05) is 20.1 Å². The summed E-state index contributed by atoms with van der Waals surface area (Å²) in [7, 11) is 3.29. The molecule has 1 unspecified atom stereocenters. The SMILES string of the molecule is CCCC(C)n1c(CCCl)nc2cc(OC)c(OC)cc21. The quantitative estimate of drug-likeness (QED) is 0.719. The van der Waals surface area contributed by atoms with Crippen LogP contribution in [0.5, 0.6) is 11.5 Å². The van der Waals surface area contributed by atoms with Crippen LogP contribution in [0, 0.1) is 0 Å². The smallest absolute Gasteiger partial charge is 0.163 e. The molecular formula is C16H23ClN2O2. The van der Waals surface area contributed by atoms with E-state index in [0.717, 1.165) is 41.9 Å². The number of hydrogen-bond acceptors (Lipinski definition) is 3. The van der Waals surface area contributed by atoms with Crippen LogP contribution in [0.3, 0.4) is 0 Å². The lowest BCUT2D eigenvalue weighted by molar-refractivity contribution is 0.355. The minimum Gasteiger partial charge on any atom is -0.493 e. The van der Waals surface area contributed by atoms with E-state index < -0.39 is 0 Å². The summed E-state index contributed by atoms with van der Waals surface area (Å²) in [5.41, 5.74) is 2.00. The average Bonchev–Trinajstić information content (AvgIpc) is 2.83. The third-order valence-corrected chi connectivity index (χ3v) is 3.92. The number of alkyl halides is 1. The van der Waals surface area contributed by atoms with Crippen LogP contribution in [0.15, 0.2) is 12.1 Å². The van der Waals surface area contributed by atoms with Crippen molar-refractivity contribution in [1.29, 1.82) is 0 Å². The number of halogens is 1. The molecule has 1 aromatic carbocycles. The van der Waals surface area contributed by atoms with Crippen LogP contribution in [0.2, 0.25) is 0 Å². The second-order valence-corrected chi connectivity index (χ2v) is 5.55. The fourth-order valence-corrected chi connectivity index (χ4v) is 2.94. The number of ether oxygens (including phenoxy) is 2. The zero-order valence-electron chi connectivity index (χ0n) is 13.1. The Balaban J connectivity index is 2.63. The molecule has 5 heteroatoms. The van der Waals surface area contributed by atoms with Crippen LogP contribution in [-0.4, -0.2) is 29.7 Å². The van der Waals surface area contributed by atoms with Crippen molar-refractivity contribution in [2.24, 2.45) is 0 Å². The largest absolute Gasteiger partial charge is 0.493 e. The first kappa shape index (κ1) is 16.0. The van der Waals surface area contributed by atoms with Crippen LogP contribution in [0.25, 0.3) is 11.0 Å². The highest BCUT2D eigenvalue weighted by atomic mass is 35.5. The monoisotopic (exact) mass is 310 g/mol. The molecule has 2 aromatic rings. The van der Waals surface area contributed by atoms with Crippen molar-refractivity contribution in [3.05, 3.63) is 18.0 Å². The first-order valence-electron chi connectivity index (χ1n) is 7.35. The lowest BCUT2D eigenvalue weighted by Crippen LogP contribution is -2.10. The van der Waals surface area contributed by atoms with Crippen LogP contribution in [0.4, 0.5) is 0 Å². The number of fused-ring (bicyclic) bond motifs is 1. The third kappa shape index (κ3) is 3.10. The molecule has 2 rings (SSSR count). The summed E-state index contributed by atoms with van der Waals surface area (Å²) >= 11 is 5.93. The van der Waals surface area contributed by atoms with E-state index in [1.54, 1.807) is 14.2 Å². The Morgan fingerprint density at radius 1 is 1.24 bits per heavy atom. The van der Waals surface area contributed by atoms with Gasteiger partial charge in [-0.1, -0.05) is 13.3 Å². The summed E-state index contributed by atoms with van der Waals surface area (Å²) in [6.07, 6.45) is 3.00. The van der Waals surface area contributed by atoms with Gasteiger partial charge in [0.2, 0.25) is 0 Å². The summed E-state index contributed by atoms with van der Waals surface area (Å²) in [4.78, 5) is 4.73. The number of hydrogen-bond donors (Lipinski definition) is 0. The van der Waals surface area contributed by atoms with Crippen LogP contribution >= 0.6 is 11.6 Å². The van der Waals surface area contributed by atoms with E-state index in [1.807, 2.05) is 12.1 Å². The minimum atomic E-state index is 0.385. The molecule has 0 aliphatic rings. The van der Waals surface area contributed by atoms with Crippen molar-refractivity contribution in [3.8, 4) is 11.5 Å². The molecule has 0 fully saturated rings. The van der Waals surface area contributed by atoms with Gasteiger partial charge in [0.05, 0.1) is 25.3 Å². The van der Waals surface area contributed by atoms with Crippen molar-refractivity contribution in [1.82, 2.24) is 9.55 Å². The van der Waals surface area contributed by atoms with E-state index in [-0.39, 0.29) is 0 Å². The number of nitrogens with zero attached hydrogens (tertiary/aromatic N) is 2. The highest BCUT2D eigenvalue weighted by Crippen LogP contribution is 2.34. The summed E-state index contributed by atoms with van der Waals surface area (Å²) < 4.78 is 13.1. The molecule has 0 radical (unpaired) electrons. The van der Waals surface area contributed by atoms with Gasteiger partial charge in [-0.2, -0.15) is 0 Å². The van der Waals surface area contributed by atoms with Gasteiger partial charge in [0, 0.05) is 30.5 Å². The number of benzene rings is 1. The van der Waals surface area contributed by atoms with Gasteiger partial charge in [0.15, 0.2) is 11.5 Å². The molecule has 4 nitrogen and oxygen atoms in total. The third-order valence-electron chi connectivity index (χ3n) is 3.73. The molecule has 0 bridgehead atoms. The summed E-state index contributed by atoms with van der Waals surface area (Å²) in [6.45, 7) is 4.42. The molecule has 21 heavy (non-hydrogen) atoms. The van der Waals surface area contributed by atoms with Gasteiger partial charge in [-0.3, -0.25) is 0 Å². The van der Waals surface area contributed by atoms with Crippen LogP contribution < -0.4 is 9.47 Å². The van der Waals surface area contributed by atoms with E-state index in [0.29, 0.717) is 17.7 Å². The maximum Gasteiger partial charge on any atom is 0.163 e. The normalized spacial score (nSPS) is 12.6. The standard InChI is InChI=1S/C16H23ClN2O2/c1-5-6-11(2)19-13-10-15(21-4)14(20-3)9-12(13)18-16(19)7-8-17/h9-11H,5-8H2,1-4H3. The molecule has 1 atom stereocenters. The Bertz CT molecular complexity index is 610. The maximum atomic E-state index is 5.93. The van der Waals surface area contributed by atoms with E-state index in [4.69, 9.17) is 26.1 Å². The predicted molar refractivity (Wildman–Crippen MR) is 86.9 cm³/mol. The van der Waals surface area contributed by atoms with E-state index >= 15 is 0 Å². The molecule has 0 N–H and O–H groups in total. The number of aromatic nitrogens is 2. The molecule has 0 aliphatic heterocycles. The van der Waals surface area contributed by atoms with Crippen molar-refractivity contribution < 1.29 is 9.47 Å². The molecular weight excluding hydrogens is 288 g/mol. The van der Waals surface area contributed by atoms with Gasteiger partial charge >= 0.3 is 0 Å². The minimum absolute atomic E-state index is 0.385. The molecule has 1 aromatic heterocycles. The van der Waals surface area contributed by atoms with Gasteiger partial charge in [-0.25, -0.2) is 4.98 Å². The molecule has 1 heterocycles. The summed E-state index contributed by atoms with van der Waals surface area (Å²) in [6, 6.07) is 4.32. The van der Waals surface area contributed by atoms with Gasteiger partial charge in [-0.05, 0) is 13.3 Å². The lowest BCUT2D eigenvalue weighted by atomic mass is 10.1. The molecule has 0 saturated heterocycles. The topological polar surface area (TPSA) is 36.3 Å². The Hall–Kier alpha value is -1.42. The Morgan fingerprint density at radius 3 is 2.48 bits per heavy atom. The maximum absolute atomic E-state index is 5.93. The second kappa shape index (κ2) is 7.03. The van der Waals surface area contributed by atoms with Crippen molar-refractivity contribution in [2.45, 2.75) is 39.2 Å². The first-order chi connectivity index (χ1) is 10.2. The number of aryl methyl sites for hydroxylation is 1. The summed E-state index contributed by atoms with van der Waals surface area (Å²) in [5.74, 6) is 3.02. The number of imidazole rings is 1. The van der Waals surface area contributed by atoms with Crippen LogP contribution in [0.1, 0.15) is 38.6 Å². The van der Waals surface area contributed by atoms with Crippen LogP contribution in [-0.2, 0) is 6.42 Å². The zero-order chi connectivity index (χ0) is 15.4. The highest BCUT2D eigenvalue weighted by Gasteiger charge is 2.18. The molecule has 0 aliphatic carbocycles. The number of rotatable bonds is 7. The Kier molecular flexibility index (Phi) is 5.34. The van der Waals surface area contributed by atoms with Gasteiger partial charge in [-0.15, -0.1) is 11.6 Å². The Labute approximate surface area is 131 Å². The van der Waals surface area contributed by atoms with Gasteiger partial charge < -0.3 is 14.0 Å². The van der Waals surface area contributed by atoms with E-state index in [9.17, 15) is 0 Å². The lowest BCUT2D eigenvalue weighted by Gasteiger charge is -2.17. The summed E-state index contributed by atoms with van der Waals surface area (Å²) in [5, 5.41) is 0. The van der Waals surface area contributed by atoms with Gasteiger partial charge in [0.1, 0.15) is 5.82 Å². The van der Waals surface area contributed by atoms with E-state index in [1.165, 1.54) is 0 Å². The first-order valence-corrected chi connectivity index (χ1v) is 7.88. The zero-order valence-corrected chi connectivity index (χ0v) is 13.9. The number of methoxy groups -OCH3 is 2. The molecule has 0 saturated carbocycles. The van der Waals surface area contributed by atoms with E-state index in [2.05, 4.69) is 18.4 Å². The average molecular weight is 311 g/mol. The molecule has 0 spiro atoms. The fourth-order valence-electron chi connectivity index (χ4n) is 2.77. The van der Waals surface area contributed by atoms with Gasteiger partial charge in [0.25, 0.3) is 0 Å². The molecule has 116 valence electrons. The predicted octanol–water partition coefficient (Wildman–Crippen LogP) is 4.20. The highest BCUT2D eigenvalue weighted by molar-refractivity contribution is 6.17. The van der Waals surface area contributed by atoms with Crippen molar-refractivity contribution >= 4 is 22.6 Å². The fraction of sp³-hybridized carbons (Fsp3) is 0.562. The molecule has 0 amide bonds. The Morgan fingerprint density at radius 2 is 1.90 bits per heavy atom. The van der Waals surface area contributed by atoms with Crippen molar-refractivity contribution in [3.63, 3.8) is 0 Å². The second-order valence-electron chi connectivity index (χ2n) is 5.17.